The topological polar surface area (TPSA) is 104 Å². The second-order valence-electron chi connectivity index (χ2n) is 5.66. The van der Waals surface area contributed by atoms with Crippen LogP contribution in [0, 0.1) is 16.0 Å². The molecule has 2 aromatic rings. The van der Waals surface area contributed by atoms with Crippen LogP contribution in [-0.2, 0) is 4.74 Å². The summed E-state index contributed by atoms with van der Waals surface area (Å²) in [5.41, 5.74) is 0.384. The molecule has 8 heteroatoms. The monoisotopic (exact) mass is 345 g/mol. The van der Waals surface area contributed by atoms with Crippen LogP contribution in [0.5, 0.6) is 11.5 Å². The van der Waals surface area contributed by atoms with Crippen LogP contribution in [0.15, 0.2) is 36.5 Å². The number of hydrogen-bond donors (Lipinski definition) is 1. The molecule has 1 aromatic heterocycles. The molecular formula is C17H19N3O5. The first-order valence-corrected chi connectivity index (χ1v) is 7.68. The molecule has 132 valence electrons. The molecule has 1 aromatic carbocycles. The maximum Gasteiger partial charge on any atom is 0.357 e. The van der Waals surface area contributed by atoms with Crippen LogP contribution < -0.4 is 10.1 Å². The summed E-state index contributed by atoms with van der Waals surface area (Å²) in [5.74, 6) is 0.279. The Hall–Kier alpha value is -3.16. The summed E-state index contributed by atoms with van der Waals surface area (Å²) in [5, 5.41) is 13.8. The number of pyridine rings is 1. The van der Waals surface area contributed by atoms with Gasteiger partial charge in [0.25, 0.3) is 5.69 Å². The second-order valence-corrected chi connectivity index (χ2v) is 5.66. The molecule has 0 fully saturated rings. The molecule has 0 amide bonds. The van der Waals surface area contributed by atoms with E-state index in [1.54, 1.807) is 25.2 Å². The van der Waals surface area contributed by atoms with E-state index < -0.39 is 10.9 Å². The number of carbonyl (C=O) groups excluding carboxylic acids is 1. The zero-order valence-corrected chi connectivity index (χ0v) is 14.2. The molecule has 0 atom stereocenters. The van der Waals surface area contributed by atoms with Gasteiger partial charge in [0.1, 0.15) is 17.2 Å². The Balaban J connectivity index is 2.18. The maximum absolute atomic E-state index is 11.9. The molecule has 0 saturated carbocycles. The minimum absolute atomic E-state index is 0.106. The van der Waals surface area contributed by atoms with E-state index in [1.807, 2.05) is 13.8 Å². The Bertz CT molecular complexity index is 777. The van der Waals surface area contributed by atoms with Gasteiger partial charge in [-0.25, -0.2) is 9.78 Å². The van der Waals surface area contributed by atoms with Gasteiger partial charge in [-0.2, -0.15) is 0 Å². The minimum Gasteiger partial charge on any atom is -0.461 e. The van der Waals surface area contributed by atoms with Crippen LogP contribution in [0.4, 0.5) is 11.4 Å². The van der Waals surface area contributed by atoms with Crippen molar-refractivity contribution in [2.24, 2.45) is 5.92 Å². The summed E-state index contributed by atoms with van der Waals surface area (Å²) in [6.07, 6.45) is 1.41. The summed E-state index contributed by atoms with van der Waals surface area (Å²) in [6, 6.07) is 7.43. The number of ether oxygens (including phenoxy) is 2. The molecule has 0 aliphatic carbocycles. The molecule has 25 heavy (non-hydrogen) atoms. The van der Waals surface area contributed by atoms with Crippen molar-refractivity contribution in [1.29, 1.82) is 0 Å². The molecule has 0 aliphatic rings. The first-order valence-electron chi connectivity index (χ1n) is 7.68. The number of anilines is 1. The Morgan fingerprint density at radius 3 is 2.64 bits per heavy atom. The standard InChI is InChI=1S/C17H19N3O5/c1-11(2)10-24-17(21)15-8-13(6-7-19-15)25-12-4-5-14(18-3)16(9-12)20(22)23/h4-9,11,18H,10H2,1-3H3. The van der Waals surface area contributed by atoms with Crippen molar-refractivity contribution in [2.75, 3.05) is 19.0 Å². The Kier molecular flexibility index (Phi) is 5.89. The molecule has 0 unspecified atom stereocenters. The van der Waals surface area contributed by atoms with Crippen LogP contribution in [0.25, 0.3) is 0 Å². The first kappa shape index (κ1) is 18.2. The molecule has 0 aliphatic heterocycles. The molecule has 0 bridgehead atoms. The Labute approximate surface area is 144 Å². The third-order valence-electron chi connectivity index (χ3n) is 3.16. The molecule has 0 radical (unpaired) electrons. The van der Waals surface area contributed by atoms with E-state index in [9.17, 15) is 14.9 Å². The largest absolute Gasteiger partial charge is 0.461 e. The summed E-state index contributed by atoms with van der Waals surface area (Å²) in [6.45, 7) is 4.16. The van der Waals surface area contributed by atoms with Crippen LogP contribution in [0.1, 0.15) is 24.3 Å². The Morgan fingerprint density at radius 2 is 2.00 bits per heavy atom. The highest BCUT2D eigenvalue weighted by Gasteiger charge is 2.15. The zero-order chi connectivity index (χ0) is 18.4. The lowest BCUT2D eigenvalue weighted by Crippen LogP contribution is -2.11. The SMILES string of the molecule is CNc1ccc(Oc2ccnc(C(=O)OCC(C)C)c2)cc1[N+](=O)[O-]. The van der Waals surface area contributed by atoms with E-state index in [-0.39, 0.29) is 23.0 Å². The van der Waals surface area contributed by atoms with E-state index in [0.29, 0.717) is 18.0 Å². The normalized spacial score (nSPS) is 10.4. The van der Waals surface area contributed by atoms with Crippen molar-refractivity contribution >= 4 is 17.3 Å². The molecule has 2 rings (SSSR count). The van der Waals surface area contributed by atoms with Crippen molar-refractivity contribution in [1.82, 2.24) is 4.98 Å². The summed E-state index contributed by atoms with van der Waals surface area (Å²) >= 11 is 0. The quantitative estimate of drug-likeness (QED) is 0.464. The number of rotatable bonds is 7. The van der Waals surface area contributed by atoms with Crippen molar-refractivity contribution in [3.8, 4) is 11.5 Å². The number of nitro benzene ring substituents is 1. The number of carbonyl (C=O) groups is 1. The van der Waals surface area contributed by atoms with Gasteiger partial charge in [-0.1, -0.05) is 13.8 Å². The minimum atomic E-state index is -0.546. The highest BCUT2D eigenvalue weighted by Crippen LogP contribution is 2.31. The van der Waals surface area contributed by atoms with E-state index in [4.69, 9.17) is 9.47 Å². The highest BCUT2D eigenvalue weighted by atomic mass is 16.6. The predicted molar refractivity (Wildman–Crippen MR) is 92.1 cm³/mol. The predicted octanol–water partition coefficient (Wildman–Crippen LogP) is 3.64. The van der Waals surface area contributed by atoms with Crippen molar-refractivity contribution in [2.45, 2.75) is 13.8 Å². The van der Waals surface area contributed by atoms with Gasteiger partial charge in [0.15, 0.2) is 5.69 Å². The van der Waals surface area contributed by atoms with Crippen molar-refractivity contribution in [3.05, 3.63) is 52.3 Å². The van der Waals surface area contributed by atoms with E-state index in [0.717, 1.165) is 0 Å². The molecule has 1 heterocycles. The van der Waals surface area contributed by atoms with Gasteiger partial charge in [0.05, 0.1) is 17.6 Å². The number of aromatic nitrogens is 1. The molecule has 8 nitrogen and oxygen atoms in total. The van der Waals surface area contributed by atoms with Crippen molar-refractivity contribution < 1.29 is 19.2 Å². The van der Waals surface area contributed by atoms with E-state index in [2.05, 4.69) is 10.3 Å². The number of nitrogens with zero attached hydrogens (tertiary/aromatic N) is 2. The maximum atomic E-state index is 11.9. The number of nitro groups is 1. The summed E-state index contributed by atoms with van der Waals surface area (Å²) in [4.78, 5) is 26.5. The first-order chi connectivity index (χ1) is 11.9. The Morgan fingerprint density at radius 1 is 1.28 bits per heavy atom. The molecule has 1 N–H and O–H groups in total. The van der Waals surface area contributed by atoms with Crippen LogP contribution >= 0.6 is 0 Å². The number of benzene rings is 1. The van der Waals surface area contributed by atoms with Crippen molar-refractivity contribution in [3.63, 3.8) is 0 Å². The number of esters is 1. The van der Waals surface area contributed by atoms with Crippen LogP contribution in [-0.4, -0.2) is 29.5 Å². The highest BCUT2D eigenvalue weighted by molar-refractivity contribution is 5.87. The van der Waals surface area contributed by atoms with Crippen LogP contribution in [0.3, 0.4) is 0 Å². The fraction of sp³-hybridized carbons (Fsp3) is 0.294. The fourth-order valence-electron chi connectivity index (χ4n) is 1.98. The smallest absolute Gasteiger partial charge is 0.357 e. The van der Waals surface area contributed by atoms with Gasteiger partial charge in [0.2, 0.25) is 0 Å². The van der Waals surface area contributed by atoms with Crippen LogP contribution in [0.2, 0.25) is 0 Å². The van der Waals surface area contributed by atoms with E-state index >= 15 is 0 Å². The van der Waals surface area contributed by atoms with Gasteiger partial charge in [-0.05, 0) is 24.1 Å². The molecule has 0 saturated heterocycles. The van der Waals surface area contributed by atoms with Gasteiger partial charge in [-0.3, -0.25) is 10.1 Å². The average Bonchev–Trinajstić information content (AvgIpc) is 2.59. The fourth-order valence-corrected chi connectivity index (χ4v) is 1.98. The molecular weight excluding hydrogens is 326 g/mol. The summed E-state index contributed by atoms with van der Waals surface area (Å²) < 4.78 is 10.7. The van der Waals surface area contributed by atoms with Gasteiger partial charge >= 0.3 is 5.97 Å². The average molecular weight is 345 g/mol. The third-order valence-corrected chi connectivity index (χ3v) is 3.16. The lowest BCUT2D eigenvalue weighted by atomic mass is 10.2. The van der Waals surface area contributed by atoms with E-state index in [1.165, 1.54) is 18.3 Å². The molecule has 0 spiro atoms. The number of hydrogen-bond acceptors (Lipinski definition) is 7. The number of nitrogens with one attached hydrogen (secondary N) is 1. The zero-order valence-electron chi connectivity index (χ0n) is 14.2. The van der Waals surface area contributed by atoms with Gasteiger partial charge in [-0.15, -0.1) is 0 Å². The van der Waals surface area contributed by atoms with Gasteiger partial charge < -0.3 is 14.8 Å². The lowest BCUT2D eigenvalue weighted by molar-refractivity contribution is -0.384. The third kappa shape index (κ3) is 4.90. The van der Waals surface area contributed by atoms with Gasteiger partial charge in [0, 0.05) is 19.3 Å². The summed E-state index contributed by atoms with van der Waals surface area (Å²) in [7, 11) is 1.60. The second kappa shape index (κ2) is 8.09. The lowest BCUT2D eigenvalue weighted by Gasteiger charge is -2.09.